The van der Waals surface area contributed by atoms with E-state index in [-0.39, 0.29) is 11.5 Å². The average molecular weight is 337 g/mol. The van der Waals surface area contributed by atoms with Crippen molar-refractivity contribution in [2.75, 3.05) is 12.4 Å². The first kappa shape index (κ1) is 14.3. The molecule has 0 bridgehead atoms. The van der Waals surface area contributed by atoms with Crippen molar-refractivity contribution in [3.8, 4) is 5.75 Å². The summed E-state index contributed by atoms with van der Waals surface area (Å²) >= 11 is 3.35. The smallest absolute Gasteiger partial charge is 0.257 e. The maximum absolute atomic E-state index is 12.1. The molecule has 0 aliphatic rings. The number of nitrogens with zero attached hydrogens (tertiary/aromatic N) is 1. The van der Waals surface area contributed by atoms with Gasteiger partial charge in [-0.2, -0.15) is 0 Å². The molecule has 2 aromatic rings. The Hall–Kier alpha value is -2.08. The number of halogens is 1. The van der Waals surface area contributed by atoms with Crippen molar-refractivity contribution in [3.63, 3.8) is 0 Å². The first-order valence-electron chi connectivity index (χ1n) is 5.83. The van der Waals surface area contributed by atoms with E-state index in [9.17, 15) is 9.59 Å². The number of hydrogen-bond donors (Lipinski definition) is 1. The van der Waals surface area contributed by atoms with Gasteiger partial charge in [-0.05, 0) is 40.2 Å². The van der Waals surface area contributed by atoms with Gasteiger partial charge >= 0.3 is 0 Å². The number of amides is 1. The van der Waals surface area contributed by atoms with Crippen LogP contribution in [0.4, 0.5) is 5.69 Å². The normalized spacial score (nSPS) is 10.2. The summed E-state index contributed by atoms with van der Waals surface area (Å²) < 4.78 is 7.23. The van der Waals surface area contributed by atoms with Crippen LogP contribution in [-0.2, 0) is 7.05 Å². The van der Waals surface area contributed by atoms with E-state index in [2.05, 4.69) is 21.2 Å². The van der Waals surface area contributed by atoms with E-state index < -0.39 is 0 Å². The monoisotopic (exact) mass is 336 g/mol. The molecule has 0 saturated heterocycles. The maximum Gasteiger partial charge on any atom is 0.257 e. The van der Waals surface area contributed by atoms with Crippen molar-refractivity contribution in [1.29, 1.82) is 0 Å². The van der Waals surface area contributed by atoms with E-state index >= 15 is 0 Å². The predicted molar refractivity (Wildman–Crippen MR) is 80.3 cm³/mol. The van der Waals surface area contributed by atoms with Crippen molar-refractivity contribution in [3.05, 3.63) is 56.9 Å². The van der Waals surface area contributed by atoms with Crippen LogP contribution in [0.2, 0.25) is 0 Å². The molecule has 2 rings (SSSR count). The molecule has 0 unspecified atom stereocenters. The molecule has 0 fully saturated rings. The Morgan fingerprint density at radius 1 is 1.30 bits per heavy atom. The zero-order valence-electron chi connectivity index (χ0n) is 11.0. The summed E-state index contributed by atoms with van der Waals surface area (Å²) in [5.74, 6) is 0.405. The summed E-state index contributed by atoms with van der Waals surface area (Å²) in [6.45, 7) is 0. The number of ether oxygens (including phenoxy) is 1. The van der Waals surface area contributed by atoms with Gasteiger partial charge in [0.15, 0.2) is 0 Å². The number of anilines is 1. The minimum atomic E-state index is -0.280. The summed E-state index contributed by atoms with van der Waals surface area (Å²) in [6, 6.07) is 8.09. The highest BCUT2D eigenvalue weighted by molar-refractivity contribution is 9.10. The molecule has 1 N–H and O–H groups in total. The second-order valence-corrected chi connectivity index (χ2v) is 5.02. The van der Waals surface area contributed by atoms with E-state index in [0.717, 1.165) is 4.47 Å². The van der Waals surface area contributed by atoms with Crippen LogP contribution >= 0.6 is 15.9 Å². The lowest BCUT2D eigenvalue weighted by Crippen LogP contribution is -2.19. The highest BCUT2D eigenvalue weighted by Gasteiger charge is 2.08. The third-order valence-corrected chi connectivity index (χ3v) is 3.38. The van der Waals surface area contributed by atoms with Gasteiger partial charge in [0.25, 0.3) is 5.91 Å². The average Bonchev–Trinajstić information content (AvgIpc) is 2.42. The molecule has 0 atom stereocenters. The van der Waals surface area contributed by atoms with Crippen LogP contribution < -0.4 is 15.6 Å². The summed E-state index contributed by atoms with van der Waals surface area (Å²) in [5, 5.41) is 2.76. The second kappa shape index (κ2) is 5.92. The third-order valence-electron chi connectivity index (χ3n) is 2.76. The van der Waals surface area contributed by atoms with E-state index in [1.54, 1.807) is 32.4 Å². The second-order valence-electron chi connectivity index (χ2n) is 4.17. The fraction of sp³-hybridized carbons (Fsp3) is 0.143. The molecule has 0 aliphatic carbocycles. The molecule has 1 aromatic heterocycles. The van der Waals surface area contributed by atoms with E-state index in [1.807, 2.05) is 0 Å². The van der Waals surface area contributed by atoms with Crippen molar-refractivity contribution in [2.24, 2.45) is 7.05 Å². The summed E-state index contributed by atoms with van der Waals surface area (Å²) in [4.78, 5) is 23.3. The number of carbonyl (C=O) groups is 1. The van der Waals surface area contributed by atoms with Crippen molar-refractivity contribution in [1.82, 2.24) is 4.57 Å². The van der Waals surface area contributed by atoms with Crippen molar-refractivity contribution < 1.29 is 9.53 Å². The first-order chi connectivity index (χ1) is 9.51. The maximum atomic E-state index is 12.1. The van der Waals surface area contributed by atoms with Gasteiger partial charge < -0.3 is 14.6 Å². The molecule has 0 saturated carbocycles. The number of carbonyl (C=O) groups excluding carboxylic acids is 1. The minimum absolute atomic E-state index is 0.159. The number of benzene rings is 1. The lowest BCUT2D eigenvalue weighted by atomic mass is 10.2. The lowest BCUT2D eigenvalue weighted by molar-refractivity contribution is 0.102. The highest BCUT2D eigenvalue weighted by Crippen LogP contribution is 2.27. The van der Waals surface area contributed by atoms with Crippen LogP contribution in [0.3, 0.4) is 0 Å². The molecule has 0 spiro atoms. The quantitative estimate of drug-likeness (QED) is 0.936. The van der Waals surface area contributed by atoms with Crippen LogP contribution in [0.15, 0.2) is 45.8 Å². The highest BCUT2D eigenvalue weighted by atomic mass is 79.9. The van der Waals surface area contributed by atoms with Crippen LogP contribution in [0.5, 0.6) is 5.75 Å². The molecule has 0 radical (unpaired) electrons. The number of nitrogens with one attached hydrogen (secondary N) is 1. The number of hydrogen-bond acceptors (Lipinski definition) is 3. The molecule has 0 aliphatic heterocycles. The Bertz CT molecular complexity index is 710. The number of rotatable bonds is 3. The summed E-state index contributed by atoms with van der Waals surface area (Å²) in [6.07, 6.45) is 1.50. The van der Waals surface area contributed by atoms with E-state index in [1.165, 1.54) is 22.9 Å². The number of pyridine rings is 1. The molecule has 1 aromatic carbocycles. The van der Waals surface area contributed by atoms with Gasteiger partial charge in [-0.1, -0.05) is 0 Å². The zero-order chi connectivity index (χ0) is 14.7. The largest absolute Gasteiger partial charge is 0.496 e. The predicted octanol–water partition coefficient (Wildman–Crippen LogP) is 2.41. The molecule has 5 nitrogen and oxygen atoms in total. The van der Waals surface area contributed by atoms with Crippen molar-refractivity contribution in [2.45, 2.75) is 0 Å². The summed E-state index contributed by atoms with van der Waals surface area (Å²) in [7, 11) is 3.17. The number of aryl methyl sites for hydroxylation is 1. The number of methoxy groups -OCH3 is 1. The molecular formula is C14H13BrN2O3. The van der Waals surface area contributed by atoms with E-state index in [4.69, 9.17) is 4.74 Å². The molecule has 20 heavy (non-hydrogen) atoms. The van der Waals surface area contributed by atoms with Gasteiger partial charge in [0, 0.05) is 25.0 Å². The molecule has 1 amide bonds. The van der Waals surface area contributed by atoms with Gasteiger partial charge in [0.05, 0.1) is 17.1 Å². The fourth-order valence-corrected chi connectivity index (χ4v) is 2.22. The van der Waals surface area contributed by atoms with Crippen LogP contribution in [0, 0.1) is 0 Å². The minimum Gasteiger partial charge on any atom is -0.496 e. The topological polar surface area (TPSA) is 60.3 Å². The Morgan fingerprint density at radius 3 is 2.65 bits per heavy atom. The third kappa shape index (κ3) is 3.08. The van der Waals surface area contributed by atoms with E-state index in [0.29, 0.717) is 17.0 Å². The Kier molecular flexibility index (Phi) is 4.24. The fourth-order valence-electron chi connectivity index (χ4n) is 1.68. The lowest BCUT2D eigenvalue weighted by Gasteiger charge is -2.08. The van der Waals surface area contributed by atoms with Crippen LogP contribution in [-0.4, -0.2) is 17.6 Å². The number of aromatic nitrogens is 1. The van der Waals surface area contributed by atoms with Gasteiger partial charge in [-0.15, -0.1) is 0 Å². The van der Waals surface area contributed by atoms with Crippen LogP contribution in [0.1, 0.15) is 10.4 Å². The molecule has 104 valence electrons. The van der Waals surface area contributed by atoms with Gasteiger partial charge in [-0.3, -0.25) is 9.59 Å². The zero-order valence-corrected chi connectivity index (χ0v) is 12.6. The Morgan fingerprint density at radius 2 is 2.05 bits per heavy atom. The van der Waals surface area contributed by atoms with Gasteiger partial charge in [0.1, 0.15) is 5.75 Å². The van der Waals surface area contributed by atoms with Crippen LogP contribution in [0.25, 0.3) is 0 Å². The Labute approximate surface area is 124 Å². The van der Waals surface area contributed by atoms with Gasteiger partial charge in [0.2, 0.25) is 5.56 Å². The van der Waals surface area contributed by atoms with Crippen molar-refractivity contribution >= 4 is 27.5 Å². The molecule has 6 heteroatoms. The first-order valence-corrected chi connectivity index (χ1v) is 6.62. The summed E-state index contributed by atoms with van der Waals surface area (Å²) in [5.41, 5.74) is 0.893. The SMILES string of the molecule is COc1ccc(NC(=O)c2ccc(=O)n(C)c2)cc1Br. The molecular weight excluding hydrogens is 324 g/mol. The standard InChI is InChI=1S/C14H13BrN2O3/c1-17-8-9(3-6-13(17)18)14(19)16-10-4-5-12(20-2)11(15)7-10/h3-8H,1-2H3,(H,16,19). The van der Waals surface area contributed by atoms with Gasteiger partial charge in [-0.25, -0.2) is 0 Å². The Balaban J connectivity index is 2.21. The molecule has 1 heterocycles.